The van der Waals surface area contributed by atoms with Gasteiger partial charge in [0.25, 0.3) is 0 Å². The molecule has 13 heavy (non-hydrogen) atoms. The topological polar surface area (TPSA) is 42.6 Å². The fourth-order valence-corrected chi connectivity index (χ4v) is 1.39. The molecule has 0 saturated carbocycles. The lowest BCUT2D eigenvalue weighted by atomic mass is 10.1. The van der Waals surface area contributed by atoms with Gasteiger partial charge in [-0.2, -0.15) is 4.91 Å². The largest absolute Gasteiger partial charge is 0.468 e. The highest BCUT2D eigenvalue weighted by Gasteiger charge is 2.04. The summed E-state index contributed by atoms with van der Waals surface area (Å²) in [7, 11) is 0. The molecule has 2 rings (SSSR count). The van der Waals surface area contributed by atoms with E-state index in [2.05, 4.69) is 5.18 Å². The summed E-state index contributed by atoms with van der Waals surface area (Å²) in [6.45, 7) is 0.275. The second-order valence-electron chi connectivity index (χ2n) is 2.85. The molecule has 0 bridgehead atoms. The molecule has 1 aromatic carbocycles. The van der Waals surface area contributed by atoms with Gasteiger partial charge in [0.1, 0.15) is 5.76 Å². The highest BCUT2D eigenvalue weighted by atomic mass is 16.3. The van der Waals surface area contributed by atoms with E-state index in [4.69, 9.17) is 4.42 Å². The lowest BCUT2D eigenvalue weighted by Crippen LogP contribution is -1.85. The van der Waals surface area contributed by atoms with Gasteiger partial charge < -0.3 is 4.42 Å². The molecule has 0 aliphatic carbocycles. The molecular formula is C10H9NO2. The van der Waals surface area contributed by atoms with Crippen LogP contribution in [-0.2, 0) is 6.42 Å². The molecule has 3 nitrogen and oxygen atoms in total. The van der Waals surface area contributed by atoms with E-state index < -0.39 is 0 Å². The summed E-state index contributed by atoms with van der Waals surface area (Å²) in [5.74, 6) is 0.843. The summed E-state index contributed by atoms with van der Waals surface area (Å²) in [4.78, 5) is 9.94. The molecule has 0 amide bonds. The molecule has 0 aliphatic rings. The van der Waals surface area contributed by atoms with Crippen molar-refractivity contribution in [3.8, 4) is 0 Å². The maximum absolute atomic E-state index is 9.94. The predicted molar refractivity (Wildman–Crippen MR) is 50.6 cm³/mol. The number of hydrogen-bond acceptors (Lipinski definition) is 3. The zero-order chi connectivity index (χ0) is 9.10. The van der Waals surface area contributed by atoms with Crippen LogP contribution < -0.4 is 0 Å². The molecule has 0 aliphatic heterocycles. The summed E-state index contributed by atoms with van der Waals surface area (Å²) < 4.78 is 5.32. The summed E-state index contributed by atoms with van der Waals surface area (Å²) in [6.07, 6.45) is 2.28. The summed E-state index contributed by atoms with van der Waals surface area (Å²) >= 11 is 0. The van der Waals surface area contributed by atoms with Crippen molar-refractivity contribution < 1.29 is 4.42 Å². The van der Waals surface area contributed by atoms with Crippen LogP contribution in [0.3, 0.4) is 0 Å². The Morgan fingerprint density at radius 1 is 1.31 bits per heavy atom. The van der Waals surface area contributed by atoms with Gasteiger partial charge in [-0.15, -0.1) is 0 Å². The highest BCUT2D eigenvalue weighted by Crippen LogP contribution is 2.20. The van der Waals surface area contributed by atoms with Crippen LogP contribution in [0.15, 0.2) is 40.1 Å². The molecular weight excluding hydrogens is 166 g/mol. The van der Waals surface area contributed by atoms with Crippen LogP contribution in [0.1, 0.15) is 5.76 Å². The third-order valence-corrected chi connectivity index (χ3v) is 2.02. The van der Waals surface area contributed by atoms with Gasteiger partial charge >= 0.3 is 0 Å². The van der Waals surface area contributed by atoms with Gasteiger partial charge in [0.05, 0.1) is 12.8 Å². The molecule has 1 aromatic heterocycles. The van der Waals surface area contributed by atoms with Crippen molar-refractivity contribution in [3.63, 3.8) is 0 Å². The summed E-state index contributed by atoms with van der Waals surface area (Å²) in [5.41, 5.74) is 0. The van der Waals surface area contributed by atoms with Crippen LogP contribution in [0.5, 0.6) is 0 Å². The summed E-state index contributed by atoms with van der Waals surface area (Å²) in [5, 5.41) is 4.96. The fourth-order valence-electron chi connectivity index (χ4n) is 1.39. The van der Waals surface area contributed by atoms with Crippen LogP contribution in [0.4, 0.5) is 0 Å². The van der Waals surface area contributed by atoms with Crippen molar-refractivity contribution in [1.29, 1.82) is 0 Å². The number of fused-ring (bicyclic) bond motifs is 1. The van der Waals surface area contributed by atoms with Crippen molar-refractivity contribution >= 4 is 10.8 Å². The lowest BCUT2D eigenvalue weighted by molar-refractivity contribution is 0.516. The Kier molecular flexibility index (Phi) is 2.08. The fraction of sp³-hybridized carbons (Fsp3) is 0.200. The first-order chi connectivity index (χ1) is 6.42. The van der Waals surface area contributed by atoms with Gasteiger partial charge in [-0.05, 0) is 0 Å². The minimum atomic E-state index is 0.275. The third-order valence-electron chi connectivity index (χ3n) is 2.02. The van der Waals surface area contributed by atoms with Crippen molar-refractivity contribution in [1.82, 2.24) is 0 Å². The minimum absolute atomic E-state index is 0.275. The van der Waals surface area contributed by atoms with Crippen molar-refractivity contribution in [2.24, 2.45) is 5.18 Å². The molecule has 0 spiro atoms. The zero-order valence-corrected chi connectivity index (χ0v) is 7.06. The standard InChI is InChI=1S/C10H9NO2/c12-11-6-5-10-9-4-2-1-3-8(9)7-13-10/h1-4,7H,5-6H2. The highest BCUT2D eigenvalue weighted by molar-refractivity contribution is 5.83. The minimum Gasteiger partial charge on any atom is -0.468 e. The number of furan rings is 1. The monoisotopic (exact) mass is 175 g/mol. The number of rotatable bonds is 3. The number of hydrogen-bond donors (Lipinski definition) is 0. The molecule has 3 heteroatoms. The molecule has 0 fully saturated rings. The average Bonchev–Trinajstić information content (AvgIpc) is 2.58. The maximum atomic E-state index is 9.94. The van der Waals surface area contributed by atoms with E-state index in [1.54, 1.807) is 6.26 Å². The quantitative estimate of drug-likeness (QED) is 0.673. The Labute approximate surface area is 75.3 Å². The average molecular weight is 175 g/mol. The molecule has 0 atom stereocenters. The van der Waals surface area contributed by atoms with E-state index in [1.807, 2.05) is 24.3 Å². The van der Waals surface area contributed by atoms with E-state index >= 15 is 0 Å². The van der Waals surface area contributed by atoms with Crippen LogP contribution in [0.2, 0.25) is 0 Å². The molecule has 66 valence electrons. The van der Waals surface area contributed by atoms with Crippen molar-refractivity contribution in [2.45, 2.75) is 6.42 Å². The van der Waals surface area contributed by atoms with Crippen LogP contribution in [-0.4, -0.2) is 6.54 Å². The van der Waals surface area contributed by atoms with Gasteiger partial charge in [-0.1, -0.05) is 29.4 Å². The lowest BCUT2D eigenvalue weighted by Gasteiger charge is -1.91. The van der Waals surface area contributed by atoms with E-state index in [0.717, 1.165) is 16.5 Å². The van der Waals surface area contributed by atoms with E-state index in [0.29, 0.717) is 6.42 Å². The molecule has 0 unspecified atom stereocenters. The van der Waals surface area contributed by atoms with Gasteiger partial charge in [0.2, 0.25) is 0 Å². The van der Waals surface area contributed by atoms with Crippen LogP contribution >= 0.6 is 0 Å². The van der Waals surface area contributed by atoms with Crippen LogP contribution in [0, 0.1) is 4.91 Å². The first-order valence-electron chi connectivity index (χ1n) is 4.16. The van der Waals surface area contributed by atoms with E-state index in [9.17, 15) is 4.91 Å². The van der Waals surface area contributed by atoms with E-state index in [1.165, 1.54) is 0 Å². The van der Waals surface area contributed by atoms with E-state index in [-0.39, 0.29) is 6.54 Å². The van der Waals surface area contributed by atoms with Gasteiger partial charge in [0.15, 0.2) is 0 Å². The van der Waals surface area contributed by atoms with Crippen molar-refractivity contribution in [2.75, 3.05) is 6.54 Å². The second kappa shape index (κ2) is 3.39. The zero-order valence-electron chi connectivity index (χ0n) is 7.06. The predicted octanol–water partition coefficient (Wildman–Crippen LogP) is 2.74. The number of benzene rings is 1. The number of nitrogens with zero attached hydrogens (tertiary/aromatic N) is 1. The molecule has 0 radical (unpaired) electrons. The Balaban J connectivity index is 2.40. The normalized spacial score (nSPS) is 10.5. The third kappa shape index (κ3) is 1.45. The molecule has 0 saturated heterocycles. The Bertz CT molecular complexity index is 420. The smallest absolute Gasteiger partial charge is 0.113 e. The van der Waals surface area contributed by atoms with Crippen LogP contribution in [0.25, 0.3) is 10.8 Å². The SMILES string of the molecule is O=NCCc1occ2ccccc12. The molecule has 1 heterocycles. The maximum Gasteiger partial charge on any atom is 0.113 e. The Hall–Kier alpha value is -1.64. The molecule has 0 N–H and O–H groups in total. The van der Waals surface area contributed by atoms with Gasteiger partial charge in [0, 0.05) is 17.2 Å². The Morgan fingerprint density at radius 2 is 2.15 bits per heavy atom. The van der Waals surface area contributed by atoms with Gasteiger partial charge in [-0.25, -0.2) is 0 Å². The first-order valence-corrected chi connectivity index (χ1v) is 4.16. The van der Waals surface area contributed by atoms with Crippen molar-refractivity contribution in [3.05, 3.63) is 41.2 Å². The number of nitroso groups, excluding NO2 is 1. The van der Waals surface area contributed by atoms with Gasteiger partial charge in [-0.3, -0.25) is 0 Å². The summed E-state index contributed by atoms with van der Waals surface area (Å²) in [6, 6.07) is 7.88. The first kappa shape index (κ1) is 7.98. The Morgan fingerprint density at radius 3 is 3.00 bits per heavy atom. The molecule has 2 aromatic rings. The second-order valence-corrected chi connectivity index (χ2v) is 2.85.